The first-order valence-corrected chi connectivity index (χ1v) is 14.7. The molecule has 0 aliphatic heterocycles. The van der Waals surface area contributed by atoms with E-state index in [4.69, 9.17) is 9.47 Å². The first kappa shape index (κ1) is 30.9. The van der Waals surface area contributed by atoms with Crippen LogP contribution < -0.4 is 4.74 Å². The molecule has 0 N–H and O–H groups in total. The van der Waals surface area contributed by atoms with Gasteiger partial charge >= 0.3 is 5.97 Å². The number of para-hydroxylation sites is 1. The molecule has 37 heavy (non-hydrogen) atoms. The molecule has 0 aliphatic carbocycles. The third-order valence-electron chi connectivity index (χ3n) is 6.92. The number of nitrogens with zero attached hydrogens (tertiary/aromatic N) is 1. The number of ether oxygens (including phenoxy) is 2. The fraction of sp³-hybridized carbons (Fsp3) is 0.606. The van der Waals surface area contributed by atoms with Crippen LogP contribution in [0.5, 0.6) is 5.75 Å². The van der Waals surface area contributed by atoms with E-state index < -0.39 is 6.29 Å². The lowest BCUT2D eigenvalue weighted by Gasteiger charge is -2.30. The Morgan fingerprint density at radius 1 is 0.784 bits per heavy atom. The third-order valence-corrected chi connectivity index (χ3v) is 6.92. The minimum atomic E-state index is -0.516. The van der Waals surface area contributed by atoms with Gasteiger partial charge in [-0.2, -0.15) is 0 Å². The second-order valence-corrected chi connectivity index (χ2v) is 11.1. The molecule has 1 unspecified atom stereocenters. The van der Waals surface area contributed by atoms with E-state index in [1.165, 1.54) is 56.1 Å². The number of carbonyl (C=O) groups is 1. The highest BCUT2D eigenvalue weighted by molar-refractivity contribution is 5.69. The number of esters is 1. The predicted octanol–water partition coefficient (Wildman–Crippen LogP) is 8.47. The fourth-order valence-electron chi connectivity index (χ4n) is 4.79. The van der Waals surface area contributed by atoms with Crippen molar-refractivity contribution in [3.05, 3.63) is 65.7 Å². The molecule has 4 nitrogen and oxygen atoms in total. The van der Waals surface area contributed by atoms with Gasteiger partial charge in [-0.05, 0) is 43.7 Å². The molecule has 0 heterocycles. The lowest BCUT2D eigenvalue weighted by molar-refractivity contribution is -0.903. The average Bonchev–Trinajstić information content (AvgIpc) is 2.87. The molecule has 0 aliphatic rings. The van der Waals surface area contributed by atoms with Crippen molar-refractivity contribution in [1.82, 2.24) is 0 Å². The van der Waals surface area contributed by atoms with E-state index in [2.05, 4.69) is 70.4 Å². The van der Waals surface area contributed by atoms with Crippen LogP contribution in [0.3, 0.4) is 0 Å². The summed E-state index contributed by atoms with van der Waals surface area (Å²) < 4.78 is 13.0. The number of hydrogen-bond donors (Lipinski definition) is 0. The molecule has 2 rings (SSSR count). The van der Waals surface area contributed by atoms with E-state index in [9.17, 15) is 4.79 Å². The standard InChI is InChI=1S/C33H52NO3/c1-5-7-8-9-10-11-15-23-30-24-16-17-25-31(30)36-33(20-6-2)37-32(35)26-18-19-27-34(3,4)28-29-21-13-12-14-22-29/h12-14,16-17,21-22,24-25,33H,5-11,15,18-20,23,26-28H2,1-4H3/q+1. The van der Waals surface area contributed by atoms with Crippen molar-refractivity contribution in [3.8, 4) is 5.75 Å². The van der Waals surface area contributed by atoms with Crippen molar-refractivity contribution in [2.75, 3.05) is 20.6 Å². The number of aryl methyl sites for hydroxylation is 1. The van der Waals surface area contributed by atoms with Gasteiger partial charge in [0.25, 0.3) is 0 Å². The van der Waals surface area contributed by atoms with Gasteiger partial charge in [-0.15, -0.1) is 0 Å². The molecule has 4 heteroatoms. The van der Waals surface area contributed by atoms with E-state index in [1.807, 2.05) is 12.1 Å². The molecule has 206 valence electrons. The summed E-state index contributed by atoms with van der Waals surface area (Å²) >= 11 is 0. The number of rotatable bonds is 20. The maximum Gasteiger partial charge on any atom is 0.308 e. The minimum Gasteiger partial charge on any atom is -0.455 e. The van der Waals surface area contributed by atoms with Crippen molar-refractivity contribution in [2.24, 2.45) is 0 Å². The first-order valence-electron chi connectivity index (χ1n) is 14.7. The minimum absolute atomic E-state index is 0.156. The van der Waals surface area contributed by atoms with Crippen molar-refractivity contribution < 1.29 is 18.8 Å². The van der Waals surface area contributed by atoms with Gasteiger partial charge in [0.2, 0.25) is 6.29 Å². The highest BCUT2D eigenvalue weighted by Gasteiger charge is 2.19. The van der Waals surface area contributed by atoms with Crippen molar-refractivity contribution in [3.63, 3.8) is 0 Å². The summed E-state index contributed by atoms with van der Waals surface area (Å²) in [5, 5.41) is 0. The Morgan fingerprint density at radius 2 is 1.46 bits per heavy atom. The van der Waals surface area contributed by atoms with Crippen LogP contribution in [0, 0.1) is 0 Å². The Balaban J connectivity index is 1.75. The normalized spacial score (nSPS) is 12.3. The van der Waals surface area contributed by atoms with Crippen LogP contribution in [0.4, 0.5) is 0 Å². The predicted molar refractivity (Wildman–Crippen MR) is 155 cm³/mol. The Morgan fingerprint density at radius 3 is 2.19 bits per heavy atom. The second kappa shape index (κ2) is 18.0. The summed E-state index contributed by atoms with van der Waals surface area (Å²) in [6, 6.07) is 18.8. The van der Waals surface area contributed by atoms with Crippen molar-refractivity contribution in [1.29, 1.82) is 0 Å². The maximum absolute atomic E-state index is 12.6. The molecule has 0 amide bonds. The maximum atomic E-state index is 12.6. The van der Waals surface area contributed by atoms with Gasteiger partial charge in [0.1, 0.15) is 12.3 Å². The van der Waals surface area contributed by atoms with Gasteiger partial charge in [-0.1, -0.05) is 101 Å². The zero-order chi connectivity index (χ0) is 26.8. The van der Waals surface area contributed by atoms with E-state index in [-0.39, 0.29) is 5.97 Å². The summed E-state index contributed by atoms with van der Waals surface area (Å²) in [4.78, 5) is 12.6. The van der Waals surface area contributed by atoms with Crippen molar-refractivity contribution in [2.45, 2.75) is 110 Å². The molecule has 0 fully saturated rings. The lowest BCUT2D eigenvalue weighted by Crippen LogP contribution is -2.39. The zero-order valence-electron chi connectivity index (χ0n) is 24.1. The number of quaternary nitrogens is 1. The SMILES string of the molecule is CCCCCCCCCc1ccccc1OC(CCC)OC(=O)CCCC[N+](C)(C)Cc1ccccc1. The molecule has 2 aromatic rings. The molecular weight excluding hydrogens is 458 g/mol. The fourth-order valence-corrected chi connectivity index (χ4v) is 4.79. The van der Waals surface area contributed by atoms with Gasteiger partial charge in [-0.25, -0.2) is 0 Å². The monoisotopic (exact) mass is 510 g/mol. The Kier molecular flexibility index (Phi) is 15.0. The molecule has 2 aromatic carbocycles. The van der Waals surface area contributed by atoms with Crippen LogP contribution in [0.2, 0.25) is 0 Å². The van der Waals surface area contributed by atoms with E-state index in [0.717, 1.165) is 49.0 Å². The summed E-state index contributed by atoms with van der Waals surface area (Å²) in [5.41, 5.74) is 2.56. The molecule has 0 aromatic heterocycles. The largest absolute Gasteiger partial charge is 0.455 e. The van der Waals surface area contributed by atoms with Gasteiger partial charge in [0, 0.05) is 18.4 Å². The Bertz CT molecular complexity index is 865. The topological polar surface area (TPSA) is 35.5 Å². The molecule has 0 radical (unpaired) electrons. The molecule has 0 saturated heterocycles. The summed E-state index contributed by atoms with van der Waals surface area (Å²) in [5.74, 6) is 0.705. The molecule has 0 saturated carbocycles. The van der Waals surface area contributed by atoms with Crippen LogP contribution in [0.15, 0.2) is 54.6 Å². The summed E-state index contributed by atoms with van der Waals surface area (Å²) in [6.45, 7) is 6.38. The summed E-state index contributed by atoms with van der Waals surface area (Å²) in [7, 11) is 4.50. The highest BCUT2D eigenvalue weighted by Crippen LogP contribution is 2.24. The second-order valence-electron chi connectivity index (χ2n) is 11.1. The molecule has 0 bridgehead atoms. The van der Waals surface area contributed by atoms with Crippen LogP contribution in [-0.4, -0.2) is 37.4 Å². The summed E-state index contributed by atoms with van der Waals surface area (Å²) in [6.07, 6.45) is 13.4. The van der Waals surface area contributed by atoms with Gasteiger partial charge in [0.05, 0.1) is 20.6 Å². The smallest absolute Gasteiger partial charge is 0.308 e. The van der Waals surface area contributed by atoms with Crippen LogP contribution in [-0.2, 0) is 22.5 Å². The van der Waals surface area contributed by atoms with Gasteiger partial charge in [0.15, 0.2) is 0 Å². The van der Waals surface area contributed by atoms with Crippen molar-refractivity contribution >= 4 is 5.97 Å². The number of benzene rings is 2. The van der Waals surface area contributed by atoms with E-state index >= 15 is 0 Å². The number of carbonyl (C=O) groups excluding carboxylic acids is 1. The van der Waals surface area contributed by atoms with Crippen LogP contribution >= 0.6 is 0 Å². The van der Waals surface area contributed by atoms with E-state index in [1.54, 1.807) is 0 Å². The lowest BCUT2D eigenvalue weighted by atomic mass is 10.0. The van der Waals surface area contributed by atoms with Gasteiger partial charge in [-0.3, -0.25) is 4.79 Å². The van der Waals surface area contributed by atoms with Crippen LogP contribution in [0.25, 0.3) is 0 Å². The Labute approximate surface area is 227 Å². The average molecular weight is 511 g/mol. The first-order chi connectivity index (χ1) is 17.9. The molecule has 1 atom stereocenters. The van der Waals surface area contributed by atoms with Crippen LogP contribution in [0.1, 0.15) is 102 Å². The quantitative estimate of drug-likeness (QED) is 0.0775. The molecular formula is C33H52NO3+. The van der Waals surface area contributed by atoms with E-state index in [0.29, 0.717) is 12.8 Å². The molecule has 0 spiro atoms. The number of unbranched alkanes of at least 4 members (excludes halogenated alkanes) is 7. The third kappa shape index (κ3) is 13.7. The van der Waals surface area contributed by atoms with Gasteiger partial charge < -0.3 is 14.0 Å². The highest BCUT2D eigenvalue weighted by atomic mass is 16.7. The number of hydrogen-bond acceptors (Lipinski definition) is 3. The zero-order valence-corrected chi connectivity index (χ0v) is 24.1. The Hall–Kier alpha value is -2.33.